The summed E-state index contributed by atoms with van der Waals surface area (Å²) in [6.45, 7) is 0. The Morgan fingerprint density at radius 1 is 1.56 bits per heavy atom. The molecule has 16 heavy (non-hydrogen) atoms. The predicted molar refractivity (Wildman–Crippen MR) is 64.1 cm³/mol. The Labute approximate surface area is 99.0 Å². The Bertz CT molecular complexity index is 418. The Morgan fingerprint density at radius 2 is 2.25 bits per heavy atom. The Kier molecular flexibility index (Phi) is 3.01. The summed E-state index contributed by atoms with van der Waals surface area (Å²) in [6, 6.07) is 5.45. The van der Waals surface area contributed by atoms with Gasteiger partial charge in [-0.1, -0.05) is 0 Å². The summed E-state index contributed by atoms with van der Waals surface area (Å²) in [5.74, 6) is 0.300. The number of hydrogen-bond acceptors (Lipinski definition) is 3. The Morgan fingerprint density at radius 3 is 2.75 bits per heavy atom. The van der Waals surface area contributed by atoms with Crippen molar-refractivity contribution < 1.29 is 4.92 Å². The van der Waals surface area contributed by atoms with Gasteiger partial charge < -0.3 is 4.90 Å². The molecule has 0 bridgehead atoms. The molecule has 0 amide bonds. The average molecular weight is 241 g/mol. The molecule has 0 aliphatic heterocycles. The molecule has 0 N–H and O–H groups in total. The number of nitro groups is 1. The SMILES string of the molecule is CN(c1ccc([N+](=O)[O-])cc1CCl)C1CC1. The lowest BCUT2D eigenvalue weighted by Gasteiger charge is -2.21. The van der Waals surface area contributed by atoms with E-state index in [1.807, 2.05) is 7.05 Å². The van der Waals surface area contributed by atoms with Crippen LogP contribution in [0.15, 0.2) is 18.2 Å². The van der Waals surface area contributed by atoms with Crippen LogP contribution in [0.3, 0.4) is 0 Å². The molecule has 1 aliphatic carbocycles. The van der Waals surface area contributed by atoms with Gasteiger partial charge in [0.25, 0.3) is 5.69 Å². The number of hydrogen-bond donors (Lipinski definition) is 0. The van der Waals surface area contributed by atoms with Crippen molar-refractivity contribution in [1.29, 1.82) is 0 Å². The van der Waals surface area contributed by atoms with Gasteiger partial charge in [0.15, 0.2) is 0 Å². The minimum atomic E-state index is -0.392. The first kappa shape index (κ1) is 11.2. The molecule has 0 aromatic heterocycles. The largest absolute Gasteiger partial charge is 0.371 e. The predicted octanol–water partition coefficient (Wildman–Crippen LogP) is 2.93. The minimum absolute atomic E-state index is 0.101. The van der Waals surface area contributed by atoms with Crippen LogP contribution in [0.4, 0.5) is 11.4 Å². The third-order valence-corrected chi connectivity index (χ3v) is 3.18. The average Bonchev–Trinajstić information content (AvgIpc) is 3.11. The second kappa shape index (κ2) is 4.29. The highest BCUT2D eigenvalue weighted by Gasteiger charge is 2.28. The van der Waals surface area contributed by atoms with Crippen LogP contribution in [0.1, 0.15) is 18.4 Å². The lowest BCUT2D eigenvalue weighted by Crippen LogP contribution is -2.20. The van der Waals surface area contributed by atoms with Gasteiger partial charge in [0.05, 0.1) is 4.92 Å². The van der Waals surface area contributed by atoms with Crippen LogP contribution >= 0.6 is 11.6 Å². The van der Waals surface area contributed by atoms with Gasteiger partial charge in [-0.15, -0.1) is 11.6 Å². The van der Waals surface area contributed by atoms with Gasteiger partial charge in [-0.3, -0.25) is 10.1 Å². The van der Waals surface area contributed by atoms with Crippen LogP contribution in [-0.4, -0.2) is 18.0 Å². The van der Waals surface area contributed by atoms with E-state index < -0.39 is 4.92 Å². The van der Waals surface area contributed by atoms with Crippen molar-refractivity contribution in [3.8, 4) is 0 Å². The molecule has 1 aliphatic rings. The second-order valence-corrected chi connectivity index (χ2v) is 4.31. The summed E-state index contributed by atoms with van der Waals surface area (Å²) in [5.41, 5.74) is 1.93. The Hall–Kier alpha value is -1.29. The van der Waals surface area contributed by atoms with Crippen molar-refractivity contribution >= 4 is 23.0 Å². The maximum absolute atomic E-state index is 10.6. The molecule has 1 aromatic rings. The first-order valence-corrected chi connectivity index (χ1v) is 5.73. The molecule has 0 spiro atoms. The third kappa shape index (κ3) is 2.11. The zero-order valence-electron chi connectivity index (χ0n) is 9.02. The topological polar surface area (TPSA) is 46.4 Å². The van der Waals surface area contributed by atoms with E-state index >= 15 is 0 Å². The fraction of sp³-hybridized carbons (Fsp3) is 0.455. The molecule has 1 saturated carbocycles. The van der Waals surface area contributed by atoms with E-state index in [1.54, 1.807) is 12.1 Å². The highest BCUT2D eigenvalue weighted by molar-refractivity contribution is 6.17. The number of halogens is 1. The maximum atomic E-state index is 10.6. The summed E-state index contributed by atoms with van der Waals surface area (Å²) >= 11 is 5.83. The van der Waals surface area contributed by atoms with Gasteiger partial charge >= 0.3 is 0 Å². The summed E-state index contributed by atoms with van der Waals surface area (Å²) in [4.78, 5) is 12.4. The van der Waals surface area contributed by atoms with Gasteiger partial charge in [0.2, 0.25) is 0 Å². The number of non-ortho nitro benzene ring substituents is 1. The summed E-state index contributed by atoms with van der Waals surface area (Å²) in [5, 5.41) is 10.6. The number of nitrogens with zero attached hydrogens (tertiary/aromatic N) is 2. The third-order valence-electron chi connectivity index (χ3n) is 2.89. The molecule has 0 unspecified atom stereocenters. The normalized spacial score (nSPS) is 14.9. The van der Waals surface area contributed by atoms with Gasteiger partial charge in [-0.05, 0) is 24.5 Å². The molecule has 86 valence electrons. The molecule has 4 nitrogen and oxygen atoms in total. The fourth-order valence-corrected chi connectivity index (χ4v) is 2.01. The van der Waals surface area contributed by atoms with Crippen molar-refractivity contribution in [2.24, 2.45) is 0 Å². The van der Waals surface area contributed by atoms with Crippen LogP contribution in [0.2, 0.25) is 0 Å². The van der Waals surface area contributed by atoms with E-state index in [4.69, 9.17) is 11.6 Å². The maximum Gasteiger partial charge on any atom is 0.269 e. The zero-order valence-corrected chi connectivity index (χ0v) is 9.78. The minimum Gasteiger partial charge on any atom is -0.371 e. The number of anilines is 1. The van der Waals surface area contributed by atoms with Gasteiger partial charge in [-0.2, -0.15) is 0 Å². The lowest BCUT2D eigenvalue weighted by molar-refractivity contribution is -0.384. The second-order valence-electron chi connectivity index (χ2n) is 4.05. The quantitative estimate of drug-likeness (QED) is 0.462. The highest BCUT2D eigenvalue weighted by Crippen LogP contribution is 2.34. The van der Waals surface area contributed by atoms with Crippen LogP contribution in [-0.2, 0) is 5.88 Å². The van der Waals surface area contributed by atoms with Crippen LogP contribution in [0.5, 0.6) is 0 Å². The van der Waals surface area contributed by atoms with E-state index in [2.05, 4.69) is 4.90 Å². The van der Waals surface area contributed by atoms with Gasteiger partial charge in [0.1, 0.15) is 0 Å². The van der Waals surface area contributed by atoms with Crippen molar-refractivity contribution in [3.63, 3.8) is 0 Å². The monoisotopic (exact) mass is 240 g/mol. The number of benzene rings is 1. The van der Waals surface area contributed by atoms with Crippen molar-refractivity contribution in [1.82, 2.24) is 0 Å². The molecule has 2 rings (SSSR count). The molecule has 1 aromatic carbocycles. The molecule has 0 heterocycles. The van der Waals surface area contributed by atoms with Gasteiger partial charge in [0, 0.05) is 36.8 Å². The number of alkyl halides is 1. The molecule has 5 heteroatoms. The summed E-state index contributed by atoms with van der Waals surface area (Å²) < 4.78 is 0. The Balaban J connectivity index is 2.33. The first-order chi connectivity index (χ1) is 7.63. The molecule has 0 saturated heterocycles. The lowest BCUT2D eigenvalue weighted by atomic mass is 10.1. The smallest absolute Gasteiger partial charge is 0.269 e. The first-order valence-electron chi connectivity index (χ1n) is 5.19. The van der Waals surface area contributed by atoms with Crippen LogP contribution in [0, 0.1) is 10.1 Å². The van der Waals surface area contributed by atoms with Gasteiger partial charge in [-0.25, -0.2) is 0 Å². The molecular formula is C11H13ClN2O2. The van der Waals surface area contributed by atoms with Crippen molar-refractivity contribution in [2.75, 3.05) is 11.9 Å². The van der Waals surface area contributed by atoms with E-state index in [9.17, 15) is 10.1 Å². The van der Waals surface area contributed by atoms with Crippen molar-refractivity contribution in [2.45, 2.75) is 24.8 Å². The molecule has 0 atom stereocenters. The van der Waals surface area contributed by atoms with E-state index in [0.717, 1.165) is 11.3 Å². The van der Waals surface area contributed by atoms with E-state index in [-0.39, 0.29) is 5.69 Å². The van der Waals surface area contributed by atoms with Crippen molar-refractivity contribution in [3.05, 3.63) is 33.9 Å². The van der Waals surface area contributed by atoms with E-state index in [0.29, 0.717) is 11.9 Å². The molecule has 0 radical (unpaired) electrons. The summed E-state index contributed by atoms with van der Waals surface area (Å²) in [6.07, 6.45) is 2.38. The standard InChI is InChI=1S/C11H13ClN2O2/c1-13(9-2-3-9)11-5-4-10(14(15)16)6-8(11)7-12/h4-6,9H,2-3,7H2,1H3. The molecular weight excluding hydrogens is 228 g/mol. The highest BCUT2D eigenvalue weighted by atomic mass is 35.5. The van der Waals surface area contributed by atoms with Crippen LogP contribution < -0.4 is 4.90 Å². The summed E-state index contributed by atoms with van der Waals surface area (Å²) in [7, 11) is 2.01. The number of nitro benzene ring substituents is 1. The fourth-order valence-electron chi connectivity index (χ4n) is 1.80. The van der Waals surface area contributed by atoms with E-state index in [1.165, 1.54) is 18.9 Å². The molecule has 1 fully saturated rings. The zero-order chi connectivity index (χ0) is 11.7. The number of rotatable bonds is 4. The van der Waals surface area contributed by atoms with Crippen LogP contribution in [0.25, 0.3) is 0 Å².